The maximum atomic E-state index is 12.1. The van der Waals surface area contributed by atoms with Crippen LogP contribution in [-0.4, -0.2) is 32.8 Å². The Kier molecular flexibility index (Phi) is 5.94. The Hall–Kier alpha value is -1.15. The summed E-state index contributed by atoms with van der Waals surface area (Å²) in [4.78, 5) is 0. The minimum atomic E-state index is -4.50. The van der Waals surface area contributed by atoms with Gasteiger partial charge in [-0.15, -0.1) is 11.6 Å². The largest absolute Gasteiger partial charge is 0.482 e. The first-order valence-corrected chi connectivity index (χ1v) is 7.77. The highest BCUT2D eigenvalue weighted by atomic mass is 35.5. The normalized spacial score (nSPS) is 12.2. The summed E-state index contributed by atoms with van der Waals surface area (Å²) in [6.07, 6.45) is -4.26. The fraction of sp³-hybridized carbons (Fsp3) is 0.455. The summed E-state index contributed by atoms with van der Waals surface area (Å²) in [5, 5.41) is 0. The van der Waals surface area contributed by atoms with E-state index in [1.54, 1.807) is 0 Å². The number of para-hydroxylation sites is 2. The van der Waals surface area contributed by atoms with Crippen LogP contribution >= 0.6 is 11.6 Å². The van der Waals surface area contributed by atoms with Crippen molar-refractivity contribution in [3.05, 3.63) is 24.3 Å². The minimum absolute atomic E-state index is 0.0358. The molecule has 0 amide bonds. The molecule has 0 fully saturated rings. The lowest BCUT2D eigenvalue weighted by Gasteiger charge is -2.14. The molecule has 0 saturated carbocycles. The van der Waals surface area contributed by atoms with Crippen LogP contribution in [0.25, 0.3) is 0 Å². The fourth-order valence-corrected chi connectivity index (χ4v) is 2.72. The highest BCUT2D eigenvalue weighted by molar-refractivity contribution is 7.92. The zero-order valence-corrected chi connectivity index (χ0v) is 11.9. The molecule has 0 unspecified atom stereocenters. The second-order valence-electron chi connectivity index (χ2n) is 3.86. The lowest BCUT2D eigenvalue weighted by molar-refractivity contribution is -0.153. The van der Waals surface area contributed by atoms with Crippen molar-refractivity contribution in [1.82, 2.24) is 0 Å². The van der Waals surface area contributed by atoms with Crippen LogP contribution in [0.5, 0.6) is 5.75 Å². The number of ether oxygens (including phenoxy) is 1. The number of halogens is 4. The van der Waals surface area contributed by atoms with E-state index >= 15 is 0 Å². The van der Waals surface area contributed by atoms with Crippen LogP contribution in [0.3, 0.4) is 0 Å². The number of anilines is 1. The summed E-state index contributed by atoms with van der Waals surface area (Å²) >= 11 is 5.40. The summed E-state index contributed by atoms with van der Waals surface area (Å²) < 4.78 is 66.4. The van der Waals surface area contributed by atoms with Crippen molar-refractivity contribution in [1.29, 1.82) is 0 Å². The zero-order chi connectivity index (χ0) is 15.2. The Balaban J connectivity index is 2.80. The Morgan fingerprint density at radius 1 is 1.25 bits per heavy atom. The molecule has 114 valence electrons. The SMILES string of the molecule is O=S(=O)(CCCCl)Nc1ccccc1OCC(F)(F)F. The van der Waals surface area contributed by atoms with E-state index in [2.05, 4.69) is 9.46 Å². The average molecular weight is 332 g/mol. The topological polar surface area (TPSA) is 55.4 Å². The van der Waals surface area contributed by atoms with E-state index in [-0.39, 0.29) is 29.5 Å². The number of nitrogens with one attached hydrogen (secondary N) is 1. The van der Waals surface area contributed by atoms with Gasteiger partial charge in [-0.3, -0.25) is 4.72 Å². The fourth-order valence-electron chi connectivity index (χ4n) is 1.30. The molecule has 9 heteroatoms. The van der Waals surface area contributed by atoms with Crippen LogP contribution in [0.1, 0.15) is 6.42 Å². The van der Waals surface area contributed by atoms with Gasteiger partial charge in [-0.1, -0.05) is 12.1 Å². The highest BCUT2D eigenvalue weighted by Gasteiger charge is 2.29. The first kappa shape index (κ1) is 16.9. The first-order valence-electron chi connectivity index (χ1n) is 5.58. The van der Waals surface area contributed by atoms with Gasteiger partial charge in [0.1, 0.15) is 5.75 Å². The van der Waals surface area contributed by atoms with Crippen molar-refractivity contribution in [2.45, 2.75) is 12.6 Å². The highest BCUT2D eigenvalue weighted by Crippen LogP contribution is 2.27. The Morgan fingerprint density at radius 3 is 2.50 bits per heavy atom. The third-order valence-electron chi connectivity index (χ3n) is 2.09. The van der Waals surface area contributed by atoms with E-state index in [9.17, 15) is 21.6 Å². The number of rotatable bonds is 7. The average Bonchev–Trinajstić information content (AvgIpc) is 2.34. The van der Waals surface area contributed by atoms with Crippen molar-refractivity contribution in [3.63, 3.8) is 0 Å². The molecule has 1 aromatic rings. The van der Waals surface area contributed by atoms with Crippen LogP contribution in [0.4, 0.5) is 18.9 Å². The van der Waals surface area contributed by atoms with E-state index in [1.165, 1.54) is 24.3 Å². The summed E-state index contributed by atoms with van der Waals surface area (Å²) in [6, 6.07) is 5.51. The molecule has 0 aliphatic rings. The summed E-state index contributed by atoms with van der Waals surface area (Å²) in [5.41, 5.74) is -0.0358. The molecule has 0 saturated heterocycles. The smallest absolute Gasteiger partial charge is 0.422 e. The predicted molar refractivity (Wildman–Crippen MR) is 70.7 cm³/mol. The number of hydrogen-bond acceptors (Lipinski definition) is 3. The van der Waals surface area contributed by atoms with Gasteiger partial charge in [0.25, 0.3) is 0 Å². The molecular weight excluding hydrogens is 319 g/mol. The molecule has 0 radical (unpaired) electrons. The molecule has 20 heavy (non-hydrogen) atoms. The first-order chi connectivity index (χ1) is 9.23. The Morgan fingerprint density at radius 2 is 1.90 bits per heavy atom. The zero-order valence-electron chi connectivity index (χ0n) is 10.3. The van der Waals surface area contributed by atoms with Crippen LogP contribution < -0.4 is 9.46 Å². The van der Waals surface area contributed by atoms with Crippen molar-refractivity contribution in [3.8, 4) is 5.75 Å². The Labute approximate surface area is 119 Å². The van der Waals surface area contributed by atoms with Crippen LogP contribution in [-0.2, 0) is 10.0 Å². The van der Waals surface area contributed by atoms with Gasteiger partial charge < -0.3 is 4.74 Å². The number of alkyl halides is 4. The summed E-state index contributed by atoms with van der Waals surface area (Å²) in [7, 11) is -3.67. The lowest BCUT2D eigenvalue weighted by atomic mass is 10.3. The van der Waals surface area contributed by atoms with Crippen LogP contribution in [0.15, 0.2) is 24.3 Å². The molecule has 1 aromatic carbocycles. The molecule has 0 aliphatic heterocycles. The van der Waals surface area contributed by atoms with Crippen LogP contribution in [0, 0.1) is 0 Å². The van der Waals surface area contributed by atoms with Crippen LogP contribution in [0.2, 0.25) is 0 Å². The molecule has 4 nitrogen and oxygen atoms in total. The maximum absolute atomic E-state index is 12.1. The molecule has 0 aromatic heterocycles. The molecule has 0 bridgehead atoms. The third-order valence-corrected chi connectivity index (χ3v) is 3.71. The Bertz CT molecular complexity index is 534. The van der Waals surface area contributed by atoms with Gasteiger partial charge >= 0.3 is 6.18 Å². The molecule has 0 atom stereocenters. The summed E-state index contributed by atoms with van der Waals surface area (Å²) in [6.45, 7) is -1.49. The second-order valence-corrected chi connectivity index (χ2v) is 6.08. The lowest BCUT2D eigenvalue weighted by Crippen LogP contribution is -2.21. The van der Waals surface area contributed by atoms with Gasteiger partial charge in [0.2, 0.25) is 10.0 Å². The van der Waals surface area contributed by atoms with Gasteiger partial charge in [-0.25, -0.2) is 8.42 Å². The van der Waals surface area contributed by atoms with Gasteiger partial charge in [0.05, 0.1) is 11.4 Å². The monoisotopic (exact) mass is 331 g/mol. The second kappa shape index (κ2) is 7.03. The van der Waals surface area contributed by atoms with Gasteiger partial charge in [-0.05, 0) is 18.6 Å². The molecule has 0 aliphatic carbocycles. The standard InChI is InChI=1S/C11H13ClF3NO3S/c12-6-3-7-20(17,18)16-9-4-1-2-5-10(9)19-8-11(13,14)15/h1-2,4-5,16H,3,6-8H2. The van der Waals surface area contributed by atoms with Crippen molar-refractivity contribution in [2.24, 2.45) is 0 Å². The van der Waals surface area contributed by atoms with Gasteiger partial charge in [0.15, 0.2) is 6.61 Å². The maximum Gasteiger partial charge on any atom is 0.422 e. The molecule has 0 spiro atoms. The predicted octanol–water partition coefficient (Wildman–Crippen LogP) is 3.00. The third kappa shape index (κ3) is 6.33. The van der Waals surface area contributed by atoms with Crippen molar-refractivity contribution in [2.75, 3.05) is 23.0 Å². The number of hydrogen-bond donors (Lipinski definition) is 1. The minimum Gasteiger partial charge on any atom is -0.482 e. The van der Waals surface area contributed by atoms with E-state index in [1.807, 2.05) is 0 Å². The molecule has 1 rings (SSSR count). The number of benzene rings is 1. The van der Waals surface area contributed by atoms with E-state index in [4.69, 9.17) is 11.6 Å². The quantitative estimate of drug-likeness (QED) is 0.781. The van der Waals surface area contributed by atoms with Gasteiger partial charge in [0, 0.05) is 5.88 Å². The van der Waals surface area contributed by atoms with E-state index < -0.39 is 22.8 Å². The van der Waals surface area contributed by atoms with Gasteiger partial charge in [-0.2, -0.15) is 13.2 Å². The molecule has 1 N–H and O–H groups in total. The molecular formula is C11H13ClF3NO3S. The van der Waals surface area contributed by atoms with E-state index in [0.717, 1.165) is 0 Å². The van der Waals surface area contributed by atoms with Crippen molar-refractivity contribution < 1.29 is 26.3 Å². The number of sulfonamides is 1. The summed E-state index contributed by atoms with van der Waals surface area (Å²) in [5.74, 6) is -0.226. The molecule has 0 heterocycles. The van der Waals surface area contributed by atoms with E-state index in [0.29, 0.717) is 0 Å². The van der Waals surface area contributed by atoms with Crippen molar-refractivity contribution >= 4 is 27.3 Å².